The number of hydrogen-bond acceptors (Lipinski definition) is 2. The molecule has 1 saturated carbocycles. The number of carbonyl (C=O) groups is 1. The Balaban J connectivity index is 1.75. The molecule has 3 nitrogen and oxygen atoms in total. The lowest BCUT2D eigenvalue weighted by Crippen LogP contribution is -2.30. The SMILES string of the molecule is CCCC[C@@H]1C[C@@H]1C(NC(=O)c1cccnc1)c1ccc(Cl)cc1. The maximum absolute atomic E-state index is 12.6. The molecule has 1 heterocycles. The Kier molecular flexibility index (Phi) is 5.52. The van der Waals surface area contributed by atoms with Gasteiger partial charge in [0.05, 0.1) is 11.6 Å². The van der Waals surface area contributed by atoms with Crippen LogP contribution in [0.2, 0.25) is 5.02 Å². The molecule has 1 aliphatic rings. The predicted octanol–water partition coefficient (Wildman–Crippen LogP) is 5.03. The van der Waals surface area contributed by atoms with Crippen molar-refractivity contribution in [3.05, 3.63) is 64.9 Å². The van der Waals surface area contributed by atoms with E-state index in [-0.39, 0.29) is 11.9 Å². The summed E-state index contributed by atoms with van der Waals surface area (Å²) in [5.74, 6) is 1.15. The second-order valence-corrected chi connectivity index (χ2v) is 6.98. The molecule has 4 heteroatoms. The lowest BCUT2D eigenvalue weighted by atomic mass is 9.99. The molecule has 1 fully saturated rings. The van der Waals surface area contributed by atoms with Crippen molar-refractivity contribution in [3.8, 4) is 0 Å². The summed E-state index contributed by atoms with van der Waals surface area (Å²) in [7, 11) is 0. The van der Waals surface area contributed by atoms with Crippen LogP contribution in [0, 0.1) is 11.8 Å². The fourth-order valence-electron chi connectivity index (χ4n) is 3.31. The van der Waals surface area contributed by atoms with Crippen LogP contribution in [0.1, 0.15) is 54.6 Å². The van der Waals surface area contributed by atoms with Crippen molar-refractivity contribution in [2.45, 2.75) is 38.6 Å². The first-order valence-corrected chi connectivity index (χ1v) is 9.03. The van der Waals surface area contributed by atoms with Gasteiger partial charge in [-0.1, -0.05) is 49.9 Å². The number of amides is 1. The van der Waals surface area contributed by atoms with Gasteiger partial charge in [-0.3, -0.25) is 9.78 Å². The van der Waals surface area contributed by atoms with Crippen LogP contribution in [0.15, 0.2) is 48.8 Å². The van der Waals surface area contributed by atoms with Gasteiger partial charge in [-0.2, -0.15) is 0 Å². The van der Waals surface area contributed by atoms with Gasteiger partial charge in [0.2, 0.25) is 0 Å². The van der Waals surface area contributed by atoms with E-state index in [1.807, 2.05) is 24.3 Å². The van der Waals surface area contributed by atoms with Crippen LogP contribution in [0.25, 0.3) is 0 Å². The number of hydrogen-bond donors (Lipinski definition) is 1. The number of benzene rings is 1. The molecule has 1 aromatic heterocycles. The van der Waals surface area contributed by atoms with Crippen molar-refractivity contribution < 1.29 is 4.79 Å². The van der Waals surface area contributed by atoms with Crippen LogP contribution in [-0.2, 0) is 0 Å². The van der Waals surface area contributed by atoms with E-state index in [0.717, 1.165) is 10.6 Å². The van der Waals surface area contributed by atoms with Crippen LogP contribution >= 0.6 is 11.6 Å². The monoisotopic (exact) mass is 342 g/mol. The summed E-state index contributed by atoms with van der Waals surface area (Å²) in [4.78, 5) is 16.6. The Morgan fingerprint density at radius 2 is 2.12 bits per heavy atom. The van der Waals surface area contributed by atoms with E-state index in [1.165, 1.54) is 25.7 Å². The van der Waals surface area contributed by atoms with Gasteiger partial charge in [0.25, 0.3) is 5.91 Å². The first kappa shape index (κ1) is 17.0. The molecule has 1 aliphatic carbocycles. The number of carbonyl (C=O) groups excluding carboxylic acids is 1. The van der Waals surface area contributed by atoms with Crippen LogP contribution in [0.3, 0.4) is 0 Å². The van der Waals surface area contributed by atoms with Gasteiger partial charge in [-0.05, 0) is 48.1 Å². The number of pyridine rings is 1. The summed E-state index contributed by atoms with van der Waals surface area (Å²) in [6.07, 6.45) is 8.18. The highest BCUT2D eigenvalue weighted by molar-refractivity contribution is 6.30. The van der Waals surface area contributed by atoms with Crippen LogP contribution < -0.4 is 5.32 Å². The Morgan fingerprint density at radius 3 is 2.79 bits per heavy atom. The molecule has 24 heavy (non-hydrogen) atoms. The number of nitrogens with zero attached hydrogens (tertiary/aromatic N) is 1. The van der Waals surface area contributed by atoms with Crippen molar-refractivity contribution >= 4 is 17.5 Å². The maximum atomic E-state index is 12.6. The molecule has 1 aromatic carbocycles. The third-order valence-electron chi connectivity index (χ3n) is 4.77. The highest BCUT2D eigenvalue weighted by atomic mass is 35.5. The molecule has 1 unspecified atom stereocenters. The Hall–Kier alpha value is -1.87. The second kappa shape index (κ2) is 7.80. The lowest BCUT2D eigenvalue weighted by molar-refractivity contribution is 0.0930. The highest BCUT2D eigenvalue weighted by Gasteiger charge is 2.43. The van der Waals surface area contributed by atoms with E-state index in [4.69, 9.17) is 11.6 Å². The van der Waals surface area contributed by atoms with Crippen LogP contribution in [-0.4, -0.2) is 10.9 Å². The van der Waals surface area contributed by atoms with Gasteiger partial charge in [-0.15, -0.1) is 0 Å². The third-order valence-corrected chi connectivity index (χ3v) is 5.03. The number of rotatable bonds is 7. The van der Waals surface area contributed by atoms with Gasteiger partial charge in [0.15, 0.2) is 0 Å². The van der Waals surface area contributed by atoms with Crippen molar-refractivity contribution in [2.75, 3.05) is 0 Å². The summed E-state index contributed by atoms with van der Waals surface area (Å²) in [5, 5.41) is 3.93. The molecule has 1 amide bonds. The highest BCUT2D eigenvalue weighted by Crippen LogP contribution is 2.50. The number of aromatic nitrogens is 1. The van der Waals surface area contributed by atoms with Crippen molar-refractivity contribution in [1.82, 2.24) is 10.3 Å². The summed E-state index contributed by atoms with van der Waals surface area (Å²) in [5.41, 5.74) is 1.72. The minimum absolute atomic E-state index is 0.0387. The molecule has 3 atom stereocenters. The summed E-state index contributed by atoms with van der Waals surface area (Å²) in [6, 6.07) is 11.4. The Bertz CT molecular complexity index is 672. The summed E-state index contributed by atoms with van der Waals surface area (Å²) < 4.78 is 0. The average Bonchev–Trinajstić information content (AvgIpc) is 3.38. The standard InChI is InChI=1S/C20H23ClN2O/c1-2-3-5-15-12-18(15)19(14-7-9-17(21)10-8-14)23-20(24)16-6-4-11-22-13-16/h4,6-11,13,15,18-19H,2-3,5,12H2,1H3,(H,23,24)/t15-,18+,19?/m1/s1. The zero-order chi connectivity index (χ0) is 16.9. The number of unbranched alkanes of at least 4 members (excludes halogenated alkanes) is 1. The molecule has 2 aromatic rings. The van der Waals surface area contributed by atoms with Crippen LogP contribution in [0.4, 0.5) is 0 Å². The third kappa shape index (κ3) is 4.15. The van der Waals surface area contributed by atoms with Gasteiger partial charge in [-0.25, -0.2) is 0 Å². The molecule has 0 saturated heterocycles. The van der Waals surface area contributed by atoms with E-state index in [1.54, 1.807) is 24.5 Å². The number of halogens is 1. The average molecular weight is 343 g/mol. The fourth-order valence-corrected chi connectivity index (χ4v) is 3.43. The van der Waals surface area contributed by atoms with Gasteiger partial charge < -0.3 is 5.32 Å². The molecule has 0 bridgehead atoms. The zero-order valence-corrected chi connectivity index (χ0v) is 14.7. The second-order valence-electron chi connectivity index (χ2n) is 6.55. The molecular weight excluding hydrogens is 320 g/mol. The largest absolute Gasteiger partial charge is 0.345 e. The van der Waals surface area contributed by atoms with E-state index in [0.29, 0.717) is 17.4 Å². The van der Waals surface area contributed by atoms with Crippen LogP contribution in [0.5, 0.6) is 0 Å². The predicted molar refractivity (Wildman–Crippen MR) is 97.0 cm³/mol. The van der Waals surface area contributed by atoms with E-state index < -0.39 is 0 Å². The minimum atomic E-state index is -0.0656. The van der Waals surface area contributed by atoms with Crippen molar-refractivity contribution in [3.63, 3.8) is 0 Å². The van der Waals surface area contributed by atoms with Gasteiger partial charge in [0, 0.05) is 17.4 Å². The normalized spacial score (nSPS) is 20.4. The number of nitrogens with one attached hydrogen (secondary N) is 1. The summed E-state index contributed by atoms with van der Waals surface area (Å²) in [6.45, 7) is 2.22. The first-order chi connectivity index (χ1) is 11.7. The van der Waals surface area contributed by atoms with E-state index in [9.17, 15) is 4.79 Å². The molecule has 126 valence electrons. The molecule has 1 N–H and O–H groups in total. The quantitative estimate of drug-likeness (QED) is 0.766. The van der Waals surface area contributed by atoms with Crippen molar-refractivity contribution in [1.29, 1.82) is 0 Å². The molecule has 3 rings (SSSR count). The Labute approximate surface area is 148 Å². The van der Waals surface area contributed by atoms with Gasteiger partial charge >= 0.3 is 0 Å². The molecule has 0 aliphatic heterocycles. The first-order valence-electron chi connectivity index (χ1n) is 8.65. The van der Waals surface area contributed by atoms with E-state index in [2.05, 4.69) is 17.2 Å². The minimum Gasteiger partial charge on any atom is -0.345 e. The zero-order valence-electron chi connectivity index (χ0n) is 13.9. The smallest absolute Gasteiger partial charge is 0.253 e. The molecule has 0 spiro atoms. The molecule has 0 radical (unpaired) electrons. The maximum Gasteiger partial charge on any atom is 0.253 e. The van der Waals surface area contributed by atoms with Crippen molar-refractivity contribution in [2.24, 2.45) is 11.8 Å². The lowest BCUT2D eigenvalue weighted by Gasteiger charge is -2.20. The fraction of sp³-hybridized carbons (Fsp3) is 0.400. The molecular formula is C20H23ClN2O. The Morgan fingerprint density at radius 1 is 1.33 bits per heavy atom. The summed E-state index contributed by atoms with van der Waals surface area (Å²) >= 11 is 6.01. The van der Waals surface area contributed by atoms with Gasteiger partial charge in [0.1, 0.15) is 0 Å². The topological polar surface area (TPSA) is 42.0 Å². The van der Waals surface area contributed by atoms with E-state index >= 15 is 0 Å².